The third-order valence-corrected chi connectivity index (χ3v) is 4.69. The highest BCUT2D eigenvalue weighted by Crippen LogP contribution is 2.30. The van der Waals surface area contributed by atoms with Crippen LogP contribution in [0.25, 0.3) is 0 Å². The zero-order valence-electron chi connectivity index (χ0n) is 17.3. The molecule has 0 spiro atoms. The summed E-state index contributed by atoms with van der Waals surface area (Å²) in [6, 6.07) is 6.74. The minimum atomic E-state index is -4.59. The second-order valence-corrected chi connectivity index (χ2v) is 6.89. The summed E-state index contributed by atoms with van der Waals surface area (Å²) in [6.45, 7) is 1.61. The van der Waals surface area contributed by atoms with E-state index in [1.165, 1.54) is 12.1 Å². The average molecular weight is 467 g/mol. The zero-order valence-corrected chi connectivity index (χ0v) is 17.3. The number of nitrogens with two attached hydrogens (primary N) is 1. The molecule has 2 atom stereocenters. The lowest BCUT2D eigenvalue weighted by Gasteiger charge is -2.25. The van der Waals surface area contributed by atoms with Gasteiger partial charge in [0.15, 0.2) is 0 Å². The molecule has 33 heavy (non-hydrogen) atoms. The van der Waals surface area contributed by atoms with Crippen LogP contribution in [0.1, 0.15) is 40.7 Å². The Bertz CT molecular complexity index is 1020. The normalized spacial score (nSPS) is 13.0. The van der Waals surface area contributed by atoms with Crippen LogP contribution in [0.15, 0.2) is 48.5 Å². The summed E-state index contributed by atoms with van der Waals surface area (Å²) in [7, 11) is 0. The maximum atomic E-state index is 12.7. The Morgan fingerprint density at radius 3 is 2.12 bits per heavy atom. The molecule has 0 unspecified atom stereocenters. The predicted molar refractivity (Wildman–Crippen MR) is 109 cm³/mol. The van der Waals surface area contributed by atoms with Crippen LogP contribution in [0.5, 0.6) is 0 Å². The molecule has 2 amide bonds. The molecular formula is C21H20F3N3O6. The molecule has 2 aromatic carbocycles. The molecule has 3 N–H and O–H groups in total. The van der Waals surface area contributed by atoms with Gasteiger partial charge in [-0.1, -0.05) is 12.1 Å². The van der Waals surface area contributed by atoms with Crippen molar-refractivity contribution in [2.24, 2.45) is 5.73 Å². The summed E-state index contributed by atoms with van der Waals surface area (Å²) < 4.78 is 43.1. The molecule has 0 aromatic heterocycles. The highest BCUT2D eigenvalue weighted by atomic mass is 19.4. The molecule has 0 saturated carbocycles. The number of alkyl halides is 3. The summed E-state index contributed by atoms with van der Waals surface area (Å²) in [5.74, 6) is -3.69. The van der Waals surface area contributed by atoms with Crippen LogP contribution in [0.3, 0.4) is 0 Å². The molecule has 176 valence electrons. The number of nitrogens with one attached hydrogen (secondary N) is 1. The van der Waals surface area contributed by atoms with E-state index in [1.807, 2.05) is 0 Å². The van der Waals surface area contributed by atoms with Crippen molar-refractivity contribution < 1.29 is 37.2 Å². The number of amides is 2. The molecule has 12 heteroatoms. The SMILES string of the molecule is CCOC(=O)C[C@H](c1ccc([N+](=O)[O-])cc1)[C@H](NC(=O)c1ccc(C(F)(F)F)cc1)C(N)=O. The highest BCUT2D eigenvalue weighted by molar-refractivity contribution is 5.97. The van der Waals surface area contributed by atoms with E-state index in [9.17, 15) is 37.7 Å². The van der Waals surface area contributed by atoms with Crippen molar-refractivity contribution >= 4 is 23.5 Å². The number of carbonyl (C=O) groups excluding carboxylic acids is 3. The number of esters is 1. The second kappa shape index (κ2) is 10.6. The first kappa shape index (κ1) is 25.3. The third-order valence-electron chi connectivity index (χ3n) is 4.69. The average Bonchev–Trinajstić information content (AvgIpc) is 2.75. The molecule has 2 rings (SSSR count). The number of hydrogen-bond acceptors (Lipinski definition) is 6. The molecule has 0 bridgehead atoms. The molecule has 0 saturated heterocycles. The van der Waals surface area contributed by atoms with Crippen LogP contribution in [0, 0.1) is 10.1 Å². The monoisotopic (exact) mass is 467 g/mol. The molecule has 9 nitrogen and oxygen atoms in total. The fourth-order valence-corrected chi connectivity index (χ4v) is 3.08. The van der Waals surface area contributed by atoms with Gasteiger partial charge in [0.25, 0.3) is 11.6 Å². The summed E-state index contributed by atoms with van der Waals surface area (Å²) in [4.78, 5) is 47.2. The number of nitro groups is 1. The van der Waals surface area contributed by atoms with Crippen LogP contribution < -0.4 is 11.1 Å². The number of nitrogens with zero attached hydrogens (tertiary/aromatic N) is 1. The predicted octanol–water partition coefficient (Wildman–Crippen LogP) is 2.93. The van der Waals surface area contributed by atoms with E-state index in [4.69, 9.17) is 10.5 Å². The number of primary amides is 1. The Balaban J connectivity index is 2.35. The van der Waals surface area contributed by atoms with E-state index in [0.29, 0.717) is 12.1 Å². The Morgan fingerprint density at radius 2 is 1.67 bits per heavy atom. The fourth-order valence-electron chi connectivity index (χ4n) is 3.08. The lowest BCUT2D eigenvalue weighted by molar-refractivity contribution is -0.384. The summed E-state index contributed by atoms with van der Waals surface area (Å²) in [6.07, 6.45) is -4.99. The summed E-state index contributed by atoms with van der Waals surface area (Å²) in [5, 5.41) is 13.2. The minimum absolute atomic E-state index is 0.0466. The molecule has 0 aliphatic heterocycles. The van der Waals surface area contributed by atoms with Crippen molar-refractivity contribution in [3.8, 4) is 0 Å². The van der Waals surface area contributed by atoms with Crippen molar-refractivity contribution in [1.82, 2.24) is 5.32 Å². The van der Waals surface area contributed by atoms with Crippen molar-refractivity contribution in [2.75, 3.05) is 6.61 Å². The number of ether oxygens (including phenoxy) is 1. The van der Waals surface area contributed by atoms with Crippen LogP contribution in [0.4, 0.5) is 18.9 Å². The highest BCUT2D eigenvalue weighted by Gasteiger charge is 2.33. The Kier molecular flexibility index (Phi) is 8.10. The first-order valence-corrected chi connectivity index (χ1v) is 9.61. The molecule has 0 fully saturated rings. The number of non-ortho nitro benzene ring substituents is 1. The van der Waals surface area contributed by atoms with Gasteiger partial charge in [0.1, 0.15) is 6.04 Å². The van der Waals surface area contributed by atoms with E-state index < -0.39 is 52.8 Å². The maximum absolute atomic E-state index is 12.7. The molecular weight excluding hydrogens is 447 g/mol. The largest absolute Gasteiger partial charge is 0.466 e. The van der Waals surface area contributed by atoms with Gasteiger partial charge in [-0.3, -0.25) is 24.5 Å². The van der Waals surface area contributed by atoms with Crippen LogP contribution in [-0.2, 0) is 20.5 Å². The zero-order chi connectivity index (χ0) is 24.8. The van der Waals surface area contributed by atoms with Gasteiger partial charge in [-0.15, -0.1) is 0 Å². The maximum Gasteiger partial charge on any atom is 0.416 e. The molecule has 0 heterocycles. The van der Waals surface area contributed by atoms with E-state index in [0.717, 1.165) is 24.3 Å². The number of benzene rings is 2. The van der Waals surface area contributed by atoms with Crippen molar-refractivity contribution in [1.29, 1.82) is 0 Å². The Labute approximate surface area is 185 Å². The third kappa shape index (κ3) is 6.76. The van der Waals surface area contributed by atoms with Crippen LogP contribution >= 0.6 is 0 Å². The Morgan fingerprint density at radius 1 is 1.09 bits per heavy atom. The topological polar surface area (TPSA) is 142 Å². The van der Waals surface area contributed by atoms with Gasteiger partial charge < -0.3 is 15.8 Å². The van der Waals surface area contributed by atoms with Gasteiger partial charge in [-0.05, 0) is 36.8 Å². The summed E-state index contributed by atoms with van der Waals surface area (Å²) in [5.41, 5.74) is 4.36. The molecule has 0 aliphatic carbocycles. The molecule has 0 aliphatic rings. The smallest absolute Gasteiger partial charge is 0.416 e. The molecule has 0 radical (unpaired) electrons. The number of nitro benzene ring substituents is 1. The summed E-state index contributed by atoms with van der Waals surface area (Å²) >= 11 is 0. The minimum Gasteiger partial charge on any atom is -0.466 e. The van der Waals surface area contributed by atoms with Crippen LogP contribution in [-0.4, -0.2) is 35.4 Å². The Hall–Kier alpha value is -3.96. The van der Waals surface area contributed by atoms with Crippen molar-refractivity contribution in [3.63, 3.8) is 0 Å². The van der Waals surface area contributed by atoms with Gasteiger partial charge in [0, 0.05) is 23.6 Å². The standard InChI is InChI=1S/C21H20F3N3O6/c1-2-33-17(28)11-16(12-5-9-15(10-6-12)27(31)32)18(19(25)29)26-20(30)13-3-7-14(8-4-13)21(22,23)24/h3-10,16,18H,2,11H2,1H3,(H2,25,29)(H,26,30)/t16-,18+/m1/s1. The van der Waals surface area contributed by atoms with Crippen molar-refractivity contribution in [2.45, 2.75) is 31.5 Å². The van der Waals surface area contributed by atoms with Gasteiger partial charge in [-0.2, -0.15) is 13.2 Å². The number of rotatable bonds is 9. The first-order valence-electron chi connectivity index (χ1n) is 9.61. The van der Waals surface area contributed by atoms with E-state index >= 15 is 0 Å². The van der Waals surface area contributed by atoms with E-state index in [1.54, 1.807) is 6.92 Å². The first-order chi connectivity index (χ1) is 15.4. The second-order valence-electron chi connectivity index (χ2n) is 6.89. The van der Waals surface area contributed by atoms with Crippen LogP contribution in [0.2, 0.25) is 0 Å². The van der Waals surface area contributed by atoms with Gasteiger partial charge in [0.05, 0.1) is 23.5 Å². The van der Waals surface area contributed by atoms with E-state index in [2.05, 4.69) is 5.32 Å². The number of halogens is 3. The van der Waals surface area contributed by atoms with Gasteiger partial charge in [0.2, 0.25) is 5.91 Å². The number of carbonyl (C=O) groups is 3. The lowest BCUT2D eigenvalue weighted by atomic mass is 9.87. The molecule has 2 aromatic rings. The van der Waals surface area contributed by atoms with Gasteiger partial charge in [-0.25, -0.2) is 0 Å². The van der Waals surface area contributed by atoms with Crippen molar-refractivity contribution in [3.05, 3.63) is 75.3 Å². The lowest BCUT2D eigenvalue weighted by Crippen LogP contribution is -2.48. The van der Waals surface area contributed by atoms with Gasteiger partial charge >= 0.3 is 12.1 Å². The quantitative estimate of drug-likeness (QED) is 0.330. The fraction of sp³-hybridized carbons (Fsp3) is 0.286. The van der Waals surface area contributed by atoms with E-state index in [-0.39, 0.29) is 23.4 Å². The number of hydrogen-bond donors (Lipinski definition) is 2.